The van der Waals surface area contributed by atoms with Crippen molar-refractivity contribution < 1.29 is 22.5 Å². The molecule has 0 fully saturated rings. The molecule has 0 saturated carbocycles. The van der Waals surface area contributed by atoms with Crippen molar-refractivity contribution in [1.29, 1.82) is 0 Å². The maximum atomic E-state index is 14.6. The van der Waals surface area contributed by atoms with Crippen LogP contribution in [0.2, 0.25) is 0 Å². The van der Waals surface area contributed by atoms with E-state index in [1.165, 1.54) is 18.2 Å². The van der Waals surface area contributed by atoms with E-state index < -0.39 is 23.1 Å². The van der Waals surface area contributed by atoms with Gasteiger partial charge in [0.2, 0.25) is 0 Å². The SMILES string of the molecule is Cc1ccc(S(=O)(=O)Nc2cccc(C(=O)Oc3ccccc3CP(=O)(c3ccccc3)c3ccccc3)c2)cc1. The van der Waals surface area contributed by atoms with Gasteiger partial charge in [-0.25, -0.2) is 13.2 Å². The summed E-state index contributed by atoms with van der Waals surface area (Å²) in [6.45, 7) is 1.87. The zero-order chi connectivity index (χ0) is 28.9. The van der Waals surface area contributed by atoms with E-state index >= 15 is 0 Å². The molecule has 5 aromatic carbocycles. The molecule has 0 bridgehead atoms. The lowest BCUT2D eigenvalue weighted by Crippen LogP contribution is -2.18. The largest absolute Gasteiger partial charge is 0.423 e. The van der Waals surface area contributed by atoms with Gasteiger partial charge in [0.15, 0.2) is 0 Å². The lowest BCUT2D eigenvalue weighted by atomic mass is 10.2. The van der Waals surface area contributed by atoms with Gasteiger partial charge in [0.1, 0.15) is 12.9 Å². The molecule has 0 unspecified atom stereocenters. The monoisotopic (exact) mass is 581 g/mol. The maximum Gasteiger partial charge on any atom is 0.343 e. The van der Waals surface area contributed by atoms with Crippen LogP contribution in [0, 0.1) is 6.92 Å². The molecule has 0 aliphatic carbocycles. The molecule has 0 aliphatic rings. The minimum atomic E-state index is -3.84. The predicted octanol–water partition coefficient (Wildman–Crippen LogP) is 6.53. The highest BCUT2D eigenvalue weighted by Gasteiger charge is 2.29. The molecule has 8 heteroatoms. The molecule has 0 radical (unpaired) electrons. The Morgan fingerprint density at radius 1 is 0.732 bits per heavy atom. The summed E-state index contributed by atoms with van der Waals surface area (Å²) in [7, 11) is -6.96. The fraction of sp³-hybridized carbons (Fsp3) is 0.0606. The molecular formula is C33H28NO5PS. The molecule has 0 aliphatic heterocycles. The van der Waals surface area contributed by atoms with E-state index in [0.29, 0.717) is 16.2 Å². The summed E-state index contributed by atoms with van der Waals surface area (Å²) in [5.41, 5.74) is 1.95. The zero-order valence-electron chi connectivity index (χ0n) is 22.3. The summed E-state index contributed by atoms with van der Waals surface area (Å²) >= 11 is 0. The third kappa shape index (κ3) is 6.49. The van der Waals surface area contributed by atoms with Crippen molar-refractivity contribution >= 4 is 39.4 Å². The van der Waals surface area contributed by atoms with Crippen LogP contribution in [0.25, 0.3) is 0 Å². The van der Waals surface area contributed by atoms with Crippen LogP contribution in [0.3, 0.4) is 0 Å². The number of nitrogens with one attached hydrogen (secondary N) is 1. The Labute approximate surface area is 240 Å². The van der Waals surface area contributed by atoms with Crippen LogP contribution in [-0.2, 0) is 20.8 Å². The molecule has 1 N–H and O–H groups in total. The van der Waals surface area contributed by atoms with Crippen LogP contribution in [0.4, 0.5) is 5.69 Å². The molecule has 206 valence electrons. The molecule has 0 heterocycles. The van der Waals surface area contributed by atoms with Crippen LogP contribution in [0.1, 0.15) is 21.5 Å². The molecule has 0 spiro atoms. The van der Waals surface area contributed by atoms with Crippen LogP contribution in [-0.4, -0.2) is 14.4 Å². The van der Waals surface area contributed by atoms with Gasteiger partial charge >= 0.3 is 5.97 Å². The standard InChI is InChI=1S/C33H28NO5PS/c1-25-19-21-31(22-20-25)41(37,38)34-28-13-10-12-26(23-28)33(35)39-32-18-9-8-11-27(32)24-40(36,29-14-4-2-5-15-29)30-16-6-3-7-17-30/h2-23,34H,24H2,1H3. The average Bonchev–Trinajstić information content (AvgIpc) is 2.99. The minimum Gasteiger partial charge on any atom is -0.423 e. The van der Waals surface area contributed by atoms with E-state index in [1.54, 1.807) is 48.5 Å². The van der Waals surface area contributed by atoms with Gasteiger partial charge in [0, 0.05) is 28.0 Å². The molecule has 0 atom stereocenters. The molecule has 41 heavy (non-hydrogen) atoms. The summed E-state index contributed by atoms with van der Waals surface area (Å²) in [6, 6.07) is 38.2. The lowest BCUT2D eigenvalue weighted by molar-refractivity contribution is 0.0733. The van der Waals surface area contributed by atoms with E-state index in [2.05, 4.69) is 4.72 Å². The second kappa shape index (κ2) is 12.0. The summed E-state index contributed by atoms with van der Waals surface area (Å²) < 4.78 is 48.6. The maximum absolute atomic E-state index is 14.6. The normalized spacial score (nSPS) is 11.5. The highest BCUT2D eigenvalue weighted by molar-refractivity contribution is 7.92. The molecule has 5 aromatic rings. The molecule has 5 rings (SSSR count). The Kier molecular flexibility index (Phi) is 8.20. The van der Waals surface area contributed by atoms with Gasteiger partial charge in [0.05, 0.1) is 10.5 Å². The van der Waals surface area contributed by atoms with Gasteiger partial charge in [-0.1, -0.05) is 103 Å². The van der Waals surface area contributed by atoms with Gasteiger partial charge in [0.25, 0.3) is 10.0 Å². The van der Waals surface area contributed by atoms with E-state index in [0.717, 1.165) is 5.56 Å². The van der Waals surface area contributed by atoms with E-state index in [4.69, 9.17) is 4.74 Å². The quantitative estimate of drug-likeness (QED) is 0.122. The van der Waals surface area contributed by atoms with Crippen molar-refractivity contribution in [3.63, 3.8) is 0 Å². The van der Waals surface area contributed by atoms with Gasteiger partial charge in [-0.2, -0.15) is 0 Å². The number of hydrogen-bond acceptors (Lipinski definition) is 5. The minimum absolute atomic E-state index is 0.117. The molecule has 0 saturated heterocycles. The third-order valence-corrected chi connectivity index (χ3v) is 11.0. The molecular weight excluding hydrogens is 553 g/mol. The number of benzene rings is 5. The number of esters is 1. The first-order valence-electron chi connectivity index (χ1n) is 12.9. The first-order valence-corrected chi connectivity index (χ1v) is 16.3. The Morgan fingerprint density at radius 2 is 1.32 bits per heavy atom. The predicted molar refractivity (Wildman–Crippen MR) is 163 cm³/mol. The number of ether oxygens (including phenoxy) is 1. The number of hydrogen-bond donors (Lipinski definition) is 1. The van der Waals surface area contributed by atoms with Crippen molar-refractivity contribution in [2.24, 2.45) is 0 Å². The van der Waals surface area contributed by atoms with E-state index in [9.17, 15) is 17.8 Å². The van der Waals surface area contributed by atoms with Gasteiger partial charge < -0.3 is 9.30 Å². The lowest BCUT2D eigenvalue weighted by Gasteiger charge is -2.21. The zero-order valence-corrected chi connectivity index (χ0v) is 24.0. The Bertz CT molecular complexity index is 1780. The van der Waals surface area contributed by atoms with Crippen LogP contribution in [0.5, 0.6) is 5.75 Å². The second-order valence-corrected chi connectivity index (χ2v) is 14.1. The Morgan fingerprint density at radius 3 is 1.95 bits per heavy atom. The number of para-hydroxylation sites is 1. The van der Waals surface area contributed by atoms with Crippen molar-refractivity contribution in [1.82, 2.24) is 0 Å². The summed E-state index contributed by atoms with van der Waals surface area (Å²) in [6.07, 6.45) is 0.154. The van der Waals surface area contributed by atoms with Gasteiger partial charge in [-0.3, -0.25) is 4.72 Å². The number of aryl methyl sites for hydroxylation is 1. The van der Waals surface area contributed by atoms with Crippen molar-refractivity contribution in [3.05, 3.63) is 150 Å². The van der Waals surface area contributed by atoms with Gasteiger partial charge in [-0.15, -0.1) is 0 Å². The van der Waals surface area contributed by atoms with Crippen LogP contribution < -0.4 is 20.1 Å². The fourth-order valence-corrected chi connectivity index (χ4v) is 8.20. The Balaban J connectivity index is 1.40. The van der Waals surface area contributed by atoms with Crippen molar-refractivity contribution in [2.45, 2.75) is 18.0 Å². The number of carbonyl (C=O) groups is 1. The summed E-state index contributed by atoms with van der Waals surface area (Å²) in [5, 5.41) is 1.42. The number of rotatable bonds is 9. The first-order chi connectivity index (χ1) is 19.7. The fourth-order valence-electron chi connectivity index (χ4n) is 4.44. The number of anilines is 1. The molecule has 0 aromatic heterocycles. The first kappa shape index (κ1) is 28.1. The van der Waals surface area contributed by atoms with Crippen molar-refractivity contribution in [2.75, 3.05) is 4.72 Å². The van der Waals surface area contributed by atoms with Crippen molar-refractivity contribution in [3.8, 4) is 5.75 Å². The van der Waals surface area contributed by atoms with Crippen LogP contribution >= 0.6 is 7.14 Å². The number of carbonyl (C=O) groups excluding carboxylic acids is 1. The third-order valence-electron chi connectivity index (χ3n) is 6.60. The molecule has 0 amide bonds. The second-order valence-electron chi connectivity index (χ2n) is 9.57. The highest BCUT2D eigenvalue weighted by Crippen LogP contribution is 2.48. The van der Waals surface area contributed by atoms with E-state index in [-0.39, 0.29) is 28.1 Å². The Hall–Kier alpha value is -4.45. The molecule has 6 nitrogen and oxygen atoms in total. The van der Waals surface area contributed by atoms with E-state index in [1.807, 2.05) is 73.7 Å². The smallest absolute Gasteiger partial charge is 0.343 e. The summed E-state index contributed by atoms with van der Waals surface area (Å²) in [5.74, 6) is -0.377. The number of sulfonamides is 1. The summed E-state index contributed by atoms with van der Waals surface area (Å²) in [4.78, 5) is 13.3. The topological polar surface area (TPSA) is 89.5 Å². The van der Waals surface area contributed by atoms with Crippen LogP contribution in [0.15, 0.2) is 138 Å². The van der Waals surface area contributed by atoms with Gasteiger partial charge in [-0.05, 0) is 43.3 Å². The highest BCUT2D eigenvalue weighted by atomic mass is 32.2. The average molecular weight is 582 g/mol.